The molecule has 0 amide bonds. The Hall–Kier alpha value is -3.52. The molecule has 4 aromatic carbocycles. The molecule has 174 valence electrons. The number of nitrogen functional groups attached to an aromatic ring is 2. The first-order chi connectivity index (χ1) is 16.4. The highest BCUT2D eigenvalue weighted by Crippen LogP contribution is 2.21. The second kappa shape index (κ2) is 10.6. The number of nitrogens with two attached hydrogens (primary N) is 2. The second-order valence-electron chi connectivity index (χ2n) is 9.87. The SMILES string of the molecule is Cc1cc(N)ccc1Cc1ccc(CC(C)Cc2ccc(Cc3ccc(N)cc3C)cc2)cc1. The van der Waals surface area contributed by atoms with Gasteiger partial charge in [0, 0.05) is 11.4 Å². The molecule has 0 aromatic heterocycles. The predicted molar refractivity (Wildman–Crippen MR) is 146 cm³/mol. The summed E-state index contributed by atoms with van der Waals surface area (Å²) >= 11 is 0. The Morgan fingerprint density at radius 3 is 1.24 bits per heavy atom. The van der Waals surface area contributed by atoms with Crippen molar-refractivity contribution in [1.29, 1.82) is 0 Å². The molecule has 0 bridgehead atoms. The maximum Gasteiger partial charge on any atom is 0.0316 e. The molecule has 0 heterocycles. The lowest BCUT2D eigenvalue weighted by Gasteiger charge is -2.13. The van der Waals surface area contributed by atoms with Crippen LogP contribution in [-0.4, -0.2) is 0 Å². The van der Waals surface area contributed by atoms with Crippen molar-refractivity contribution in [1.82, 2.24) is 0 Å². The van der Waals surface area contributed by atoms with E-state index < -0.39 is 0 Å². The zero-order valence-corrected chi connectivity index (χ0v) is 20.6. The molecule has 0 spiro atoms. The van der Waals surface area contributed by atoms with Gasteiger partial charge in [-0.2, -0.15) is 0 Å². The molecule has 0 saturated heterocycles. The molecule has 34 heavy (non-hydrogen) atoms. The fraction of sp³-hybridized carbons (Fsp3) is 0.250. The van der Waals surface area contributed by atoms with Crippen LogP contribution in [-0.2, 0) is 25.7 Å². The zero-order valence-electron chi connectivity index (χ0n) is 20.6. The first-order valence-corrected chi connectivity index (χ1v) is 12.2. The average molecular weight is 449 g/mol. The Bertz CT molecular complexity index is 1140. The number of hydrogen-bond acceptors (Lipinski definition) is 2. The molecule has 0 fully saturated rings. The monoisotopic (exact) mass is 448 g/mol. The van der Waals surface area contributed by atoms with E-state index in [-0.39, 0.29) is 0 Å². The summed E-state index contributed by atoms with van der Waals surface area (Å²) in [5.41, 5.74) is 24.1. The Balaban J connectivity index is 1.31. The average Bonchev–Trinajstić information content (AvgIpc) is 2.80. The normalized spacial score (nSPS) is 11.2. The molecule has 0 radical (unpaired) electrons. The van der Waals surface area contributed by atoms with Gasteiger partial charge in [0.1, 0.15) is 0 Å². The van der Waals surface area contributed by atoms with Crippen LogP contribution in [0.1, 0.15) is 51.4 Å². The number of benzene rings is 4. The lowest BCUT2D eigenvalue weighted by molar-refractivity contribution is 0.577. The fourth-order valence-corrected chi connectivity index (χ4v) is 4.74. The number of aryl methyl sites for hydroxylation is 2. The van der Waals surface area contributed by atoms with Crippen molar-refractivity contribution < 1.29 is 0 Å². The summed E-state index contributed by atoms with van der Waals surface area (Å²) in [7, 11) is 0. The summed E-state index contributed by atoms with van der Waals surface area (Å²) in [5, 5.41) is 0. The van der Waals surface area contributed by atoms with Crippen LogP contribution in [0.25, 0.3) is 0 Å². The van der Waals surface area contributed by atoms with Crippen LogP contribution in [0, 0.1) is 19.8 Å². The minimum absolute atomic E-state index is 0.593. The van der Waals surface area contributed by atoms with Gasteiger partial charge >= 0.3 is 0 Å². The number of hydrogen-bond donors (Lipinski definition) is 2. The van der Waals surface area contributed by atoms with E-state index in [1.807, 2.05) is 12.1 Å². The van der Waals surface area contributed by atoms with E-state index in [1.165, 1.54) is 44.5 Å². The Labute approximate surface area is 204 Å². The van der Waals surface area contributed by atoms with Gasteiger partial charge in [-0.3, -0.25) is 0 Å². The summed E-state index contributed by atoms with van der Waals surface area (Å²) in [4.78, 5) is 0. The van der Waals surface area contributed by atoms with E-state index in [9.17, 15) is 0 Å². The van der Waals surface area contributed by atoms with Crippen molar-refractivity contribution in [2.24, 2.45) is 5.92 Å². The van der Waals surface area contributed by atoms with E-state index in [0.29, 0.717) is 5.92 Å². The third-order valence-electron chi connectivity index (χ3n) is 6.74. The topological polar surface area (TPSA) is 52.0 Å². The molecule has 4 N–H and O–H groups in total. The first-order valence-electron chi connectivity index (χ1n) is 12.2. The van der Waals surface area contributed by atoms with E-state index in [0.717, 1.165) is 37.1 Å². The van der Waals surface area contributed by atoms with Gasteiger partial charge < -0.3 is 11.5 Å². The van der Waals surface area contributed by atoms with Crippen LogP contribution in [0.5, 0.6) is 0 Å². The minimum Gasteiger partial charge on any atom is -0.399 e. The van der Waals surface area contributed by atoms with Crippen LogP contribution in [0.4, 0.5) is 11.4 Å². The van der Waals surface area contributed by atoms with Gasteiger partial charge in [-0.05, 0) is 114 Å². The fourth-order valence-electron chi connectivity index (χ4n) is 4.74. The molecule has 4 rings (SSSR count). The first kappa shape index (κ1) is 23.6. The van der Waals surface area contributed by atoms with E-state index in [4.69, 9.17) is 11.5 Å². The summed E-state index contributed by atoms with van der Waals surface area (Å²) in [6.07, 6.45) is 4.08. The van der Waals surface area contributed by atoms with Crippen LogP contribution >= 0.6 is 0 Å². The van der Waals surface area contributed by atoms with Gasteiger partial charge in [0.05, 0.1) is 0 Å². The maximum absolute atomic E-state index is 5.89. The van der Waals surface area contributed by atoms with Gasteiger partial charge in [-0.25, -0.2) is 0 Å². The lowest BCUT2D eigenvalue weighted by Crippen LogP contribution is -2.04. The van der Waals surface area contributed by atoms with Crippen LogP contribution in [0.2, 0.25) is 0 Å². The van der Waals surface area contributed by atoms with Crippen molar-refractivity contribution in [3.63, 3.8) is 0 Å². The van der Waals surface area contributed by atoms with Crippen LogP contribution in [0.15, 0.2) is 84.9 Å². The molecule has 0 aliphatic heterocycles. The molecular weight excluding hydrogens is 412 g/mol. The Morgan fingerprint density at radius 2 is 0.882 bits per heavy atom. The highest BCUT2D eigenvalue weighted by Gasteiger charge is 2.08. The van der Waals surface area contributed by atoms with Crippen molar-refractivity contribution in [3.05, 3.63) is 129 Å². The third-order valence-corrected chi connectivity index (χ3v) is 6.74. The molecule has 0 saturated carbocycles. The smallest absolute Gasteiger partial charge is 0.0316 e. The zero-order chi connectivity index (χ0) is 24.1. The van der Waals surface area contributed by atoms with Crippen molar-refractivity contribution in [2.45, 2.75) is 46.5 Å². The second-order valence-corrected chi connectivity index (χ2v) is 9.87. The van der Waals surface area contributed by atoms with E-state index in [2.05, 4.69) is 93.6 Å². The molecule has 0 atom stereocenters. The van der Waals surface area contributed by atoms with Crippen molar-refractivity contribution in [3.8, 4) is 0 Å². The molecule has 2 heteroatoms. The van der Waals surface area contributed by atoms with Gasteiger partial charge in [-0.1, -0.05) is 67.6 Å². The molecule has 2 nitrogen and oxygen atoms in total. The minimum atomic E-state index is 0.593. The highest BCUT2D eigenvalue weighted by atomic mass is 14.5. The molecule has 0 aliphatic carbocycles. The summed E-state index contributed by atoms with van der Waals surface area (Å²) in [5.74, 6) is 0.593. The van der Waals surface area contributed by atoms with Gasteiger partial charge in [0.25, 0.3) is 0 Å². The Kier molecular flexibility index (Phi) is 7.37. The standard InChI is InChI=1S/C32H36N2/c1-22(16-25-4-8-27(9-5-25)20-29-12-14-31(33)18-23(29)2)17-26-6-10-28(11-7-26)21-30-13-15-32(34)19-24(30)3/h4-15,18-19,22H,16-17,20-21,33-34H2,1-3H3. The number of rotatable bonds is 8. The Morgan fingerprint density at radius 1 is 0.529 bits per heavy atom. The summed E-state index contributed by atoms with van der Waals surface area (Å²) in [6, 6.07) is 30.6. The van der Waals surface area contributed by atoms with Crippen molar-refractivity contribution in [2.75, 3.05) is 11.5 Å². The van der Waals surface area contributed by atoms with Crippen molar-refractivity contribution >= 4 is 11.4 Å². The van der Waals surface area contributed by atoms with Crippen LogP contribution in [0.3, 0.4) is 0 Å². The van der Waals surface area contributed by atoms with Gasteiger partial charge in [-0.15, -0.1) is 0 Å². The maximum atomic E-state index is 5.89. The molecule has 4 aromatic rings. The van der Waals surface area contributed by atoms with Crippen LogP contribution < -0.4 is 11.5 Å². The molecular formula is C32H36N2. The molecule has 0 aliphatic rings. The van der Waals surface area contributed by atoms with E-state index >= 15 is 0 Å². The number of anilines is 2. The van der Waals surface area contributed by atoms with Gasteiger partial charge in [0.15, 0.2) is 0 Å². The predicted octanol–water partition coefficient (Wildman–Crippen LogP) is 7.07. The molecule has 0 unspecified atom stereocenters. The quantitative estimate of drug-likeness (QED) is 0.283. The van der Waals surface area contributed by atoms with E-state index in [1.54, 1.807) is 0 Å². The highest BCUT2D eigenvalue weighted by molar-refractivity contribution is 5.46. The summed E-state index contributed by atoms with van der Waals surface area (Å²) in [6.45, 7) is 6.61. The van der Waals surface area contributed by atoms with Gasteiger partial charge in [0.2, 0.25) is 0 Å². The lowest BCUT2D eigenvalue weighted by atomic mass is 9.92. The summed E-state index contributed by atoms with van der Waals surface area (Å²) < 4.78 is 0. The third kappa shape index (κ3) is 6.29. The largest absolute Gasteiger partial charge is 0.399 e.